The summed E-state index contributed by atoms with van der Waals surface area (Å²) < 4.78 is 16.2. The smallest absolute Gasteiger partial charge is 0.377 e. The number of hydrogen-bond donors (Lipinski definition) is 0. The number of rotatable bonds is 6. The van der Waals surface area contributed by atoms with Gasteiger partial charge in [0.25, 0.3) is 0 Å². The third-order valence-corrected chi connectivity index (χ3v) is 5.62. The van der Waals surface area contributed by atoms with Gasteiger partial charge in [0.2, 0.25) is 0 Å². The highest BCUT2D eigenvalue weighted by molar-refractivity contribution is 6.60. The molecule has 0 unspecified atom stereocenters. The molecule has 0 aromatic heterocycles. The molecule has 3 nitrogen and oxygen atoms in total. The van der Waals surface area contributed by atoms with E-state index < -0.39 is 8.80 Å². The van der Waals surface area contributed by atoms with Gasteiger partial charge in [-0.25, -0.2) is 0 Å². The average Bonchev–Trinajstić information content (AvgIpc) is 2.34. The van der Waals surface area contributed by atoms with Gasteiger partial charge >= 0.3 is 8.80 Å². The lowest BCUT2D eigenvalue weighted by Crippen LogP contribution is -2.43. The fourth-order valence-corrected chi connectivity index (χ4v) is 3.42. The Kier molecular flexibility index (Phi) is 5.14. The Morgan fingerprint density at radius 3 is 2.06 bits per heavy atom. The van der Waals surface area contributed by atoms with Crippen LogP contribution >= 0.6 is 0 Å². The Bertz CT molecular complexity index is 316. The maximum absolute atomic E-state index is 5.39. The summed E-state index contributed by atoms with van der Waals surface area (Å²) in [4.78, 5) is 0. The van der Waals surface area contributed by atoms with Gasteiger partial charge in [-0.3, -0.25) is 0 Å². The highest BCUT2D eigenvalue weighted by Gasteiger charge is 2.37. The van der Waals surface area contributed by atoms with Crippen molar-refractivity contribution in [1.82, 2.24) is 0 Å². The second-order valence-corrected chi connectivity index (χ2v) is 6.81. The molecule has 0 aliphatic heterocycles. The summed E-state index contributed by atoms with van der Waals surface area (Å²) in [5.74, 6) is 0. The highest BCUT2D eigenvalue weighted by Crippen LogP contribution is 2.18. The van der Waals surface area contributed by atoms with Gasteiger partial charge in [-0.15, -0.1) is 0 Å². The third-order valence-electron chi connectivity index (χ3n) is 2.89. The number of aryl methyl sites for hydroxylation is 2. The van der Waals surface area contributed by atoms with Crippen LogP contribution in [-0.4, -0.2) is 30.1 Å². The molecule has 0 radical (unpaired) electrons. The minimum atomic E-state index is -2.42. The molecule has 0 fully saturated rings. The summed E-state index contributed by atoms with van der Waals surface area (Å²) in [5, 5.41) is 0. The maximum atomic E-state index is 5.39. The standard InChI is InChI=1S/C12H20O3Si/c1-11-7-5-6-8-12(11)9-10-16(13-2,14-3)15-4/h5-8H,9-10H2,1-4H3. The van der Waals surface area contributed by atoms with Gasteiger partial charge in [0.05, 0.1) is 0 Å². The summed E-state index contributed by atoms with van der Waals surface area (Å²) in [5.41, 5.74) is 2.62. The second-order valence-electron chi connectivity index (χ2n) is 3.72. The molecule has 0 aliphatic carbocycles. The van der Waals surface area contributed by atoms with Gasteiger partial charge < -0.3 is 13.3 Å². The molecule has 0 saturated heterocycles. The first-order valence-corrected chi connectivity index (χ1v) is 7.30. The molecule has 0 N–H and O–H groups in total. The van der Waals surface area contributed by atoms with E-state index >= 15 is 0 Å². The van der Waals surface area contributed by atoms with Crippen LogP contribution in [0.25, 0.3) is 0 Å². The third kappa shape index (κ3) is 3.15. The molecule has 0 heterocycles. The molecule has 0 aliphatic rings. The van der Waals surface area contributed by atoms with Crippen LogP contribution in [0, 0.1) is 6.92 Å². The normalized spacial score (nSPS) is 11.8. The molecular weight excluding hydrogens is 220 g/mol. The van der Waals surface area contributed by atoms with Gasteiger partial charge in [0, 0.05) is 27.4 Å². The van der Waals surface area contributed by atoms with Crippen molar-refractivity contribution in [3.8, 4) is 0 Å². The zero-order chi connectivity index (χ0) is 12.0. The Labute approximate surface area is 98.7 Å². The van der Waals surface area contributed by atoms with Gasteiger partial charge in [0.1, 0.15) is 0 Å². The van der Waals surface area contributed by atoms with Crippen LogP contribution in [-0.2, 0) is 19.7 Å². The number of hydrogen-bond acceptors (Lipinski definition) is 3. The lowest BCUT2D eigenvalue weighted by atomic mass is 10.1. The van der Waals surface area contributed by atoms with Gasteiger partial charge in [-0.2, -0.15) is 0 Å². The summed E-state index contributed by atoms with van der Waals surface area (Å²) >= 11 is 0. The Morgan fingerprint density at radius 2 is 1.56 bits per heavy atom. The first kappa shape index (κ1) is 13.4. The Balaban J connectivity index is 2.66. The molecule has 90 valence electrons. The molecule has 1 rings (SSSR count). The van der Waals surface area contributed by atoms with Crippen molar-refractivity contribution in [1.29, 1.82) is 0 Å². The van der Waals surface area contributed by atoms with Crippen LogP contribution in [0.2, 0.25) is 6.04 Å². The van der Waals surface area contributed by atoms with Crippen molar-refractivity contribution in [3.05, 3.63) is 35.4 Å². The molecule has 16 heavy (non-hydrogen) atoms. The zero-order valence-electron chi connectivity index (χ0n) is 10.4. The number of benzene rings is 1. The van der Waals surface area contributed by atoms with E-state index in [1.165, 1.54) is 11.1 Å². The van der Waals surface area contributed by atoms with Crippen molar-refractivity contribution >= 4 is 8.80 Å². The monoisotopic (exact) mass is 240 g/mol. The fraction of sp³-hybridized carbons (Fsp3) is 0.500. The minimum Gasteiger partial charge on any atom is -0.377 e. The Hall–Kier alpha value is -0.683. The van der Waals surface area contributed by atoms with E-state index in [0.29, 0.717) is 0 Å². The van der Waals surface area contributed by atoms with E-state index in [1.807, 2.05) is 6.07 Å². The van der Waals surface area contributed by atoms with E-state index in [-0.39, 0.29) is 0 Å². The maximum Gasteiger partial charge on any atom is 0.500 e. The summed E-state index contributed by atoms with van der Waals surface area (Å²) in [6.07, 6.45) is 0.925. The lowest BCUT2D eigenvalue weighted by Gasteiger charge is -2.24. The first-order chi connectivity index (χ1) is 7.67. The molecule has 0 amide bonds. The largest absolute Gasteiger partial charge is 0.500 e. The van der Waals surface area contributed by atoms with E-state index in [9.17, 15) is 0 Å². The zero-order valence-corrected chi connectivity index (χ0v) is 11.4. The summed E-state index contributed by atoms with van der Waals surface area (Å²) in [6, 6.07) is 9.16. The van der Waals surface area contributed by atoms with Gasteiger partial charge in [-0.05, 0) is 24.5 Å². The van der Waals surface area contributed by atoms with Crippen LogP contribution in [0.4, 0.5) is 0 Å². The second kappa shape index (κ2) is 6.15. The molecule has 0 bridgehead atoms. The molecule has 1 aromatic carbocycles. The molecule has 0 atom stereocenters. The van der Waals surface area contributed by atoms with Gasteiger partial charge in [0.15, 0.2) is 0 Å². The average molecular weight is 240 g/mol. The van der Waals surface area contributed by atoms with Crippen LogP contribution in [0.15, 0.2) is 24.3 Å². The summed E-state index contributed by atoms with van der Waals surface area (Å²) in [6.45, 7) is 2.12. The van der Waals surface area contributed by atoms with E-state index in [4.69, 9.17) is 13.3 Å². The lowest BCUT2D eigenvalue weighted by molar-refractivity contribution is 0.123. The predicted molar refractivity (Wildman–Crippen MR) is 66.5 cm³/mol. The van der Waals surface area contributed by atoms with Gasteiger partial charge in [-0.1, -0.05) is 24.3 Å². The van der Waals surface area contributed by atoms with Crippen molar-refractivity contribution < 1.29 is 13.3 Å². The van der Waals surface area contributed by atoms with Crippen molar-refractivity contribution in [2.45, 2.75) is 19.4 Å². The van der Waals surface area contributed by atoms with E-state index in [2.05, 4.69) is 25.1 Å². The van der Waals surface area contributed by atoms with E-state index in [1.54, 1.807) is 21.3 Å². The quantitative estimate of drug-likeness (QED) is 0.715. The van der Waals surface area contributed by atoms with Crippen molar-refractivity contribution in [3.63, 3.8) is 0 Å². The van der Waals surface area contributed by atoms with Crippen LogP contribution in [0.1, 0.15) is 11.1 Å². The summed E-state index contributed by atoms with van der Waals surface area (Å²) in [7, 11) is 2.53. The highest BCUT2D eigenvalue weighted by atomic mass is 28.4. The van der Waals surface area contributed by atoms with Crippen molar-refractivity contribution in [2.75, 3.05) is 21.3 Å². The van der Waals surface area contributed by atoms with Crippen LogP contribution in [0.3, 0.4) is 0 Å². The van der Waals surface area contributed by atoms with Crippen LogP contribution in [0.5, 0.6) is 0 Å². The minimum absolute atomic E-state index is 0.807. The van der Waals surface area contributed by atoms with E-state index in [0.717, 1.165) is 12.5 Å². The Morgan fingerprint density at radius 1 is 1.00 bits per heavy atom. The van der Waals surface area contributed by atoms with Crippen molar-refractivity contribution in [2.24, 2.45) is 0 Å². The fourth-order valence-electron chi connectivity index (χ4n) is 1.73. The molecule has 0 saturated carbocycles. The first-order valence-electron chi connectivity index (χ1n) is 5.37. The predicted octanol–water partition coefficient (Wildman–Crippen LogP) is 2.42. The van der Waals surface area contributed by atoms with Crippen LogP contribution < -0.4 is 0 Å². The molecule has 1 aromatic rings. The topological polar surface area (TPSA) is 27.7 Å². The molecule has 4 heteroatoms. The molecule has 0 spiro atoms. The SMILES string of the molecule is CO[Si](CCc1ccccc1C)(OC)OC. The molecular formula is C12H20O3Si.